The number of H-pyrrole nitrogens is 1. The number of nitrogens with one attached hydrogen (secondary N) is 2. The van der Waals surface area contributed by atoms with Crippen molar-refractivity contribution in [1.82, 2.24) is 20.5 Å². The van der Waals surface area contributed by atoms with E-state index in [1.165, 1.54) is 0 Å². The van der Waals surface area contributed by atoms with E-state index in [1.807, 2.05) is 48.8 Å². The molecule has 0 spiro atoms. The van der Waals surface area contributed by atoms with Crippen LogP contribution in [-0.4, -0.2) is 15.2 Å². The predicted octanol–water partition coefficient (Wildman–Crippen LogP) is 3.32. The van der Waals surface area contributed by atoms with Crippen molar-refractivity contribution in [2.45, 2.75) is 19.5 Å². The van der Waals surface area contributed by atoms with E-state index < -0.39 is 0 Å². The Hall–Kier alpha value is -2.46. The van der Waals surface area contributed by atoms with E-state index in [2.05, 4.69) is 39.6 Å². The van der Waals surface area contributed by atoms with E-state index in [9.17, 15) is 0 Å². The molecule has 0 bridgehead atoms. The molecule has 0 aliphatic heterocycles. The Kier molecular flexibility index (Phi) is 4.07. The molecule has 2 N–H and O–H groups in total. The standard InChI is InChI=1S/C17H18N4/c1-13(16-9-5-6-10-18-16)19-11-15-12-20-21-17(15)14-7-3-2-4-8-14/h2-10,12-13,19H,11H2,1H3,(H,20,21)/t13-/m0/s1. The number of hydrogen-bond donors (Lipinski definition) is 2. The van der Waals surface area contributed by atoms with Crippen molar-refractivity contribution in [3.05, 3.63) is 72.2 Å². The Morgan fingerprint density at radius 1 is 1.10 bits per heavy atom. The lowest BCUT2D eigenvalue weighted by Gasteiger charge is -2.13. The third-order valence-electron chi connectivity index (χ3n) is 3.51. The van der Waals surface area contributed by atoms with E-state index in [1.54, 1.807) is 0 Å². The Bertz CT molecular complexity index is 676. The predicted molar refractivity (Wildman–Crippen MR) is 83.5 cm³/mol. The van der Waals surface area contributed by atoms with Crippen LogP contribution in [0.2, 0.25) is 0 Å². The molecular weight excluding hydrogens is 260 g/mol. The zero-order chi connectivity index (χ0) is 14.5. The van der Waals surface area contributed by atoms with Crippen molar-refractivity contribution in [2.75, 3.05) is 0 Å². The third kappa shape index (κ3) is 3.17. The molecule has 0 fully saturated rings. The van der Waals surface area contributed by atoms with E-state index in [-0.39, 0.29) is 6.04 Å². The van der Waals surface area contributed by atoms with Gasteiger partial charge < -0.3 is 5.32 Å². The van der Waals surface area contributed by atoms with Crippen LogP contribution in [0.5, 0.6) is 0 Å². The normalized spacial score (nSPS) is 12.2. The van der Waals surface area contributed by atoms with Crippen molar-refractivity contribution in [3.8, 4) is 11.3 Å². The minimum Gasteiger partial charge on any atom is -0.305 e. The topological polar surface area (TPSA) is 53.6 Å². The molecule has 0 amide bonds. The van der Waals surface area contributed by atoms with Crippen LogP contribution in [0, 0.1) is 0 Å². The molecule has 0 saturated heterocycles. The van der Waals surface area contributed by atoms with Gasteiger partial charge in [0.25, 0.3) is 0 Å². The van der Waals surface area contributed by atoms with Gasteiger partial charge in [-0.2, -0.15) is 5.10 Å². The van der Waals surface area contributed by atoms with Crippen molar-refractivity contribution in [3.63, 3.8) is 0 Å². The number of aromatic amines is 1. The van der Waals surface area contributed by atoms with Gasteiger partial charge in [0, 0.05) is 24.3 Å². The van der Waals surface area contributed by atoms with E-state index in [0.717, 1.165) is 29.1 Å². The van der Waals surface area contributed by atoms with Crippen LogP contribution in [0.25, 0.3) is 11.3 Å². The highest BCUT2D eigenvalue weighted by Gasteiger charge is 2.10. The quantitative estimate of drug-likeness (QED) is 0.752. The molecule has 1 atom stereocenters. The third-order valence-corrected chi connectivity index (χ3v) is 3.51. The summed E-state index contributed by atoms with van der Waals surface area (Å²) >= 11 is 0. The van der Waals surface area contributed by atoms with Crippen LogP contribution in [-0.2, 0) is 6.54 Å². The number of pyridine rings is 1. The Morgan fingerprint density at radius 3 is 2.67 bits per heavy atom. The first kappa shape index (κ1) is 13.5. The van der Waals surface area contributed by atoms with Gasteiger partial charge in [0.15, 0.2) is 0 Å². The van der Waals surface area contributed by atoms with E-state index >= 15 is 0 Å². The molecule has 2 aromatic heterocycles. The first-order valence-corrected chi connectivity index (χ1v) is 7.06. The summed E-state index contributed by atoms with van der Waals surface area (Å²) in [5, 5.41) is 10.7. The van der Waals surface area contributed by atoms with Gasteiger partial charge in [0.1, 0.15) is 0 Å². The van der Waals surface area contributed by atoms with Crippen molar-refractivity contribution in [1.29, 1.82) is 0 Å². The molecule has 3 aromatic rings. The highest BCUT2D eigenvalue weighted by molar-refractivity contribution is 5.62. The summed E-state index contributed by atoms with van der Waals surface area (Å²) < 4.78 is 0. The summed E-state index contributed by atoms with van der Waals surface area (Å²) in [4.78, 5) is 4.37. The van der Waals surface area contributed by atoms with Gasteiger partial charge in [-0.05, 0) is 24.6 Å². The molecule has 2 heterocycles. The summed E-state index contributed by atoms with van der Waals surface area (Å²) in [6, 6.07) is 16.4. The highest BCUT2D eigenvalue weighted by atomic mass is 15.1. The van der Waals surface area contributed by atoms with Crippen LogP contribution in [0.1, 0.15) is 24.2 Å². The maximum Gasteiger partial charge on any atom is 0.0695 e. The Balaban J connectivity index is 1.71. The van der Waals surface area contributed by atoms with Crippen LogP contribution in [0.4, 0.5) is 0 Å². The Morgan fingerprint density at radius 2 is 1.90 bits per heavy atom. The molecule has 106 valence electrons. The van der Waals surface area contributed by atoms with Gasteiger partial charge in [0.05, 0.1) is 17.6 Å². The van der Waals surface area contributed by atoms with Crippen LogP contribution in [0.15, 0.2) is 60.9 Å². The number of rotatable bonds is 5. The van der Waals surface area contributed by atoms with Gasteiger partial charge >= 0.3 is 0 Å². The molecule has 0 unspecified atom stereocenters. The fourth-order valence-corrected chi connectivity index (χ4v) is 2.30. The molecule has 1 aromatic carbocycles. The SMILES string of the molecule is C[C@H](NCc1cn[nH]c1-c1ccccc1)c1ccccn1. The van der Waals surface area contributed by atoms with Gasteiger partial charge in [-0.25, -0.2) is 0 Å². The number of benzene rings is 1. The smallest absolute Gasteiger partial charge is 0.0695 e. The molecule has 0 saturated carbocycles. The molecule has 4 nitrogen and oxygen atoms in total. The Labute approximate surface area is 124 Å². The second kappa shape index (κ2) is 6.33. The fourth-order valence-electron chi connectivity index (χ4n) is 2.30. The summed E-state index contributed by atoms with van der Waals surface area (Å²) in [6.45, 7) is 2.86. The van der Waals surface area contributed by atoms with Crippen molar-refractivity contribution < 1.29 is 0 Å². The fraction of sp³-hybridized carbons (Fsp3) is 0.176. The summed E-state index contributed by atoms with van der Waals surface area (Å²) in [5.41, 5.74) is 4.42. The largest absolute Gasteiger partial charge is 0.305 e. The molecule has 3 rings (SSSR count). The lowest BCUT2D eigenvalue weighted by molar-refractivity contribution is 0.562. The number of hydrogen-bond acceptors (Lipinski definition) is 3. The van der Waals surface area contributed by atoms with Gasteiger partial charge in [-0.3, -0.25) is 10.1 Å². The van der Waals surface area contributed by atoms with Gasteiger partial charge in [-0.15, -0.1) is 0 Å². The second-order valence-corrected chi connectivity index (χ2v) is 4.99. The summed E-state index contributed by atoms with van der Waals surface area (Å²) in [6.07, 6.45) is 3.70. The molecule has 0 aliphatic rings. The maximum absolute atomic E-state index is 4.37. The molecule has 0 radical (unpaired) electrons. The first-order valence-electron chi connectivity index (χ1n) is 7.06. The average molecular weight is 278 g/mol. The highest BCUT2D eigenvalue weighted by Crippen LogP contribution is 2.21. The average Bonchev–Trinajstić information content (AvgIpc) is 3.03. The minimum atomic E-state index is 0.199. The summed E-state index contributed by atoms with van der Waals surface area (Å²) in [7, 11) is 0. The number of aromatic nitrogens is 3. The van der Waals surface area contributed by atoms with Crippen LogP contribution < -0.4 is 5.32 Å². The minimum absolute atomic E-state index is 0.199. The lowest BCUT2D eigenvalue weighted by atomic mass is 10.1. The lowest BCUT2D eigenvalue weighted by Crippen LogP contribution is -2.19. The molecule has 0 aliphatic carbocycles. The molecule has 4 heteroatoms. The maximum atomic E-state index is 4.37. The van der Waals surface area contributed by atoms with Gasteiger partial charge in [0.2, 0.25) is 0 Å². The van der Waals surface area contributed by atoms with E-state index in [0.29, 0.717) is 0 Å². The monoisotopic (exact) mass is 278 g/mol. The zero-order valence-electron chi connectivity index (χ0n) is 12.0. The zero-order valence-corrected chi connectivity index (χ0v) is 12.0. The second-order valence-electron chi connectivity index (χ2n) is 4.99. The molecular formula is C17H18N4. The van der Waals surface area contributed by atoms with Crippen LogP contribution >= 0.6 is 0 Å². The van der Waals surface area contributed by atoms with E-state index in [4.69, 9.17) is 0 Å². The van der Waals surface area contributed by atoms with Crippen LogP contribution in [0.3, 0.4) is 0 Å². The van der Waals surface area contributed by atoms with Crippen molar-refractivity contribution in [2.24, 2.45) is 0 Å². The van der Waals surface area contributed by atoms with Crippen molar-refractivity contribution >= 4 is 0 Å². The number of nitrogens with zero attached hydrogens (tertiary/aromatic N) is 2. The first-order chi connectivity index (χ1) is 10.3. The van der Waals surface area contributed by atoms with Gasteiger partial charge in [-0.1, -0.05) is 36.4 Å². The molecule has 21 heavy (non-hydrogen) atoms. The summed E-state index contributed by atoms with van der Waals surface area (Å²) in [5.74, 6) is 0.